The van der Waals surface area contributed by atoms with Crippen molar-refractivity contribution in [3.63, 3.8) is 0 Å². The molecule has 3 aromatic rings. The van der Waals surface area contributed by atoms with Crippen molar-refractivity contribution in [3.8, 4) is 5.75 Å². The molecule has 144 valence electrons. The second-order valence-electron chi connectivity index (χ2n) is 6.28. The summed E-state index contributed by atoms with van der Waals surface area (Å²) in [4.78, 5) is 36.4. The molecule has 0 unspecified atom stereocenters. The molecule has 28 heavy (non-hydrogen) atoms. The number of hydrogen-bond donors (Lipinski definition) is 2. The van der Waals surface area contributed by atoms with Crippen LogP contribution in [-0.2, 0) is 16.0 Å². The highest BCUT2D eigenvalue weighted by Crippen LogP contribution is 2.24. The lowest BCUT2D eigenvalue weighted by molar-refractivity contribution is -0.142. The number of benzene rings is 2. The molecular formula is C21H19NO6. The molecular weight excluding hydrogens is 362 g/mol. The maximum Gasteiger partial charge on any atom is 0.340 e. The fourth-order valence-corrected chi connectivity index (χ4v) is 3.01. The zero-order valence-corrected chi connectivity index (χ0v) is 15.4. The molecule has 1 aromatic heterocycles. The number of rotatable bonds is 6. The molecule has 0 saturated carbocycles. The highest BCUT2D eigenvalue weighted by Gasteiger charge is 2.23. The minimum Gasteiger partial charge on any atom is -0.497 e. The smallest absolute Gasteiger partial charge is 0.340 e. The molecule has 0 aliphatic carbocycles. The summed E-state index contributed by atoms with van der Waals surface area (Å²) in [6.07, 6.45) is -0.285. The van der Waals surface area contributed by atoms with Crippen molar-refractivity contribution in [3.05, 3.63) is 75.6 Å². The number of carboxylic acids is 1. The van der Waals surface area contributed by atoms with Crippen LogP contribution in [0.3, 0.4) is 0 Å². The van der Waals surface area contributed by atoms with Crippen LogP contribution < -0.4 is 15.7 Å². The van der Waals surface area contributed by atoms with Crippen molar-refractivity contribution in [2.75, 3.05) is 7.11 Å². The summed E-state index contributed by atoms with van der Waals surface area (Å²) < 4.78 is 10.4. The molecule has 2 aromatic carbocycles. The Morgan fingerprint density at radius 3 is 2.54 bits per heavy atom. The maximum atomic E-state index is 12.5. The van der Waals surface area contributed by atoms with Gasteiger partial charge in [-0.25, -0.2) is 9.59 Å². The predicted molar refractivity (Wildman–Crippen MR) is 102 cm³/mol. The molecule has 0 fully saturated rings. The van der Waals surface area contributed by atoms with Crippen LogP contribution in [0.25, 0.3) is 11.0 Å². The van der Waals surface area contributed by atoms with Gasteiger partial charge in [0.2, 0.25) is 5.91 Å². The Morgan fingerprint density at radius 2 is 1.89 bits per heavy atom. The van der Waals surface area contributed by atoms with Crippen molar-refractivity contribution in [2.45, 2.75) is 19.4 Å². The van der Waals surface area contributed by atoms with Gasteiger partial charge >= 0.3 is 11.6 Å². The number of carboxylic acid groups (broad SMARTS) is 1. The number of hydrogen-bond acceptors (Lipinski definition) is 5. The molecule has 0 aliphatic heterocycles. The third-order valence-electron chi connectivity index (χ3n) is 4.52. The molecule has 7 heteroatoms. The van der Waals surface area contributed by atoms with Crippen LogP contribution in [0.4, 0.5) is 0 Å². The molecule has 2 N–H and O–H groups in total. The average molecular weight is 381 g/mol. The van der Waals surface area contributed by atoms with E-state index < -0.39 is 23.5 Å². The van der Waals surface area contributed by atoms with E-state index in [0.29, 0.717) is 27.8 Å². The number of fused-ring (bicyclic) bond motifs is 1. The molecule has 0 saturated heterocycles. The fraction of sp³-hybridized carbons (Fsp3) is 0.190. The fourth-order valence-electron chi connectivity index (χ4n) is 3.01. The summed E-state index contributed by atoms with van der Waals surface area (Å²) in [5, 5.41) is 12.6. The topological polar surface area (TPSA) is 106 Å². The number of carbonyl (C=O) groups excluding carboxylic acids is 1. The van der Waals surface area contributed by atoms with Gasteiger partial charge in [-0.1, -0.05) is 30.3 Å². The molecule has 7 nitrogen and oxygen atoms in total. The second-order valence-corrected chi connectivity index (χ2v) is 6.28. The maximum absolute atomic E-state index is 12.5. The van der Waals surface area contributed by atoms with Gasteiger partial charge in [-0.05, 0) is 30.2 Å². The van der Waals surface area contributed by atoms with Crippen LogP contribution in [0.1, 0.15) is 22.7 Å². The van der Waals surface area contributed by atoms with Crippen LogP contribution in [0.2, 0.25) is 0 Å². The summed E-state index contributed by atoms with van der Waals surface area (Å²) in [6.45, 7) is 1.72. The molecule has 0 bridgehead atoms. The Balaban J connectivity index is 1.88. The Hall–Kier alpha value is -3.61. The molecule has 1 atom stereocenters. The molecule has 1 amide bonds. The number of amides is 1. The Kier molecular flexibility index (Phi) is 5.44. The van der Waals surface area contributed by atoms with E-state index in [1.807, 2.05) is 0 Å². The van der Waals surface area contributed by atoms with Gasteiger partial charge in [0.25, 0.3) is 0 Å². The third-order valence-corrected chi connectivity index (χ3v) is 4.52. The summed E-state index contributed by atoms with van der Waals surface area (Å²) in [5.41, 5.74) is 0.958. The van der Waals surface area contributed by atoms with Gasteiger partial charge < -0.3 is 19.6 Å². The first-order valence-corrected chi connectivity index (χ1v) is 8.58. The van der Waals surface area contributed by atoms with Crippen molar-refractivity contribution in [2.24, 2.45) is 0 Å². The molecule has 0 spiro atoms. The first kappa shape index (κ1) is 19.2. The van der Waals surface area contributed by atoms with Gasteiger partial charge in [-0.3, -0.25) is 4.79 Å². The summed E-state index contributed by atoms with van der Waals surface area (Å²) in [5.74, 6) is -1.22. The second kappa shape index (κ2) is 7.96. The number of aliphatic carboxylic acids is 1. The van der Waals surface area contributed by atoms with Gasteiger partial charge in [-0.2, -0.15) is 0 Å². The standard InChI is InChI=1S/C21H19NO6/c1-12-15-9-8-14(27-2)10-17(15)28-21(26)16(12)11-18(23)22-19(20(24)25)13-6-4-3-5-7-13/h3-10,19H,11H2,1-2H3,(H,22,23)(H,24,25)/t19-/m0/s1. The van der Waals surface area contributed by atoms with E-state index in [9.17, 15) is 19.5 Å². The Bertz CT molecular complexity index is 1090. The molecule has 0 radical (unpaired) electrons. The van der Waals surface area contributed by atoms with E-state index in [2.05, 4.69) is 5.32 Å². The van der Waals surface area contributed by atoms with E-state index in [1.165, 1.54) is 7.11 Å². The Labute approximate surface area is 160 Å². The quantitative estimate of drug-likeness (QED) is 0.636. The van der Waals surface area contributed by atoms with Crippen LogP contribution in [-0.4, -0.2) is 24.1 Å². The monoisotopic (exact) mass is 381 g/mol. The highest BCUT2D eigenvalue weighted by molar-refractivity contribution is 5.88. The lowest BCUT2D eigenvalue weighted by Gasteiger charge is -2.15. The highest BCUT2D eigenvalue weighted by atomic mass is 16.5. The summed E-state index contributed by atoms with van der Waals surface area (Å²) in [7, 11) is 1.51. The van der Waals surface area contributed by atoms with Gasteiger partial charge in [0.15, 0.2) is 6.04 Å². The first-order valence-electron chi connectivity index (χ1n) is 8.58. The number of carbonyl (C=O) groups is 2. The van der Waals surface area contributed by atoms with Crippen molar-refractivity contribution < 1.29 is 23.8 Å². The summed E-state index contributed by atoms with van der Waals surface area (Å²) >= 11 is 0. The lowest BCUT2D eigenvalue weighted by atomic mass is 10.0. The van der Waals surface area contributed by atoms with E-state index in [0.717, 1.165) is 0 Å². The predicted octanol–water partition coefficient (Wildman–Crippen LogP) is 2.59. The van der Waals surface area contributed by atoms with Gasteiger partial charge in [0.05, 0.1) is 19.1 Å². The van der Waals surface area contributed by atoms with Gasteiger partial charge in [-0.15, -0.1) is 0 Å². The van der Waals surface area contributed by atoms with Crippen molar-refractivity contribution >= 4 is 22.8 Å². The zero-order chi connectivity index (χ0) is 20.3. The number of aryl methyl sites for hydroxylation is 1. The molecule has 1 heterocycles. The first-order chi connectivity index (χ1) is 13.4. The molecule has 0 aliphatic rings. The molecule has 3 rings (SSSR count). The van der Waals surface area contributed by atoms with E-state index in [-0.39, 0.29) is 12.0 Å². The minimum absolute atomic E-state index is 0.187. The largest absolute Gasteiger partial charge is 0.497 e. The van der Waals surface area contributed by atoms with Gasteiger partial charge in [0.1, 0.15) is 11.3 Å². The van der Waals surface area contributed by atoms with Crippen LogP contribution in [0.15, 0.2) is 57.7 Å². The SMILES string of the molecule is COc1ccc2c(C)c(CC(=O)N[C@H](C(=O)O)c3ccccc3)c(=O)oc2c1. The van der Waals surface area contributed by atoms with E-state index >= 15 is 0 Å². The lowest BCUT2D eigenvalue weighted by Crippen LogP contribution is -2.35. The van der Waals surface area contributed by atoms with Gasteiger partial charge in [0, 0.05) is 11.5 Å². The van der Waals surface area contributed by atoms with Crippen LogP contribution >= 0.6 is 0 Å². The Morgan fingerprint density at radius 1 is 1.18 bits per heavy atom. The van der Waals surface area contributed by atoms with Crippen LogP contribution in [0.5, 0.6) is 5.75 Å². The van der Waals surface area contributed by atoms with Crippen molar-refractivity contribution in [1.29, 1.82) is 0 Å². The number of methoxy groups -OCH3 is 1. The van der Waals surface area contributed by atoms with E-state index in [1.54, 1.807) is 55.5 Å². The van der Waals surface area contributed by atoms with E-state index in [4.69, 9.17) is 9.15 Å². The normalized spacial score (nSPS) is 11.8. The van der Waals surface area contributed by atoms with Crippen LogP contribution in [0, 0.1) is 6.92 Å². The third kappa shape index (κ3) is 3.88. The minimum atomic E-state index is -1.20. The number of nitrogens with one attached hydrogen (secondary N) is 1. The average Bonchev–Trinajstić information content (AvgIpc) is 2.69. The summed E-state index contributed by atoms with van der Waals surface area (Å²) in [6, 6.07) is 12.2. The number of ether oxygens (including phenoxy) is 1. The zero-order valence-electron chi connectivity index (χ0n) is 15.4. The van der Waals surface area contributed by atoms with Crippen molar-refractivity contribution in [1.82, 2.24) is 5.32 Å².